The van der Waals surface area contributed by atoms with Gasteiger partial charge in [0.1, 0.15) is 11.6 Å². The maximum absolute atomic E-state index is 13.4. The van der Waals surface area contributed by atoms with Crippen LogP contribution in [0.3, 0.4) is 0 Å². The lowest BCUT2D eigenvalue weighted by molar-refractivity contribution is -0.137. The molecule has 2 N–H and O–H groups in total. The quantitative estimate of drug-likeness (QED) is 0.773. The molecule has 0 bridgehead atoms. The van der Waals surface area contributed by atoms with Crippen LogP contribution in [0.2, 0.25) is 5.02 Å². The Morgan fingerprint density at radius 3 is 2.35 bits per heavy atom. The van der Waals surface area contributed by atoms with E-state index in [2.05, 4.69) is 10.6 Å². The van der Waals surface area contributed by atoms with Gasteiger partial charge < -0.3 is 10.6 Å². The van der Waals surface area contributed by atoms with E-state index < -0.39 is 52.3 Å². The minimum atomic E-state index is -4.70. The van der Waals surface area contributed by atoms with E-state index in [1.807, 2.05) is 0 Å². The number of benzene rings is 2. The Bertz CT molecular complexity index is 855. The summed E-state index contributed by atoms with van der Waals surface area (Å²) in [5.41, 5.74) is -1.80. The van der Waals surface area contributed by atoms with Crippen LogP contribution in [0, 0.1) is 11.6 Å². The first-order valence-corrected chi connectivity index (χ1v) is 7.35. The molecule has 2 aromatic rings. The van der Waals surface area contributed by atoms with Gasteiger partial charge in [-0.3, -0.25) is 9.59 Å². The van der Waals surface area contributed by atoms with Crippen molar-refractivity contribution in [1.29, 1.82) is 0 Å². The molecule has 2 amide bonds. The highest BCUT2D eigenvalue weighted by Crippen LogP contribution is 2.36. The summed E-state index contributed by atoms with van der Waals surface area (Å²) in [7, 11) is 0. The van der Waals surface area contributed by atoms with Gasteiger partial charge in [-0.2, -0.15) is 13.2 Å². The maximum atomic E-state index is 13.4. The normalized spacial score (nSPS) is 11.2. The van der Waals surface area contributed by atoms with Gasteiger partial charge in [0.25, 0.3) is 5.91 Å². The van der Waals surface area contributed by atoms with E-state index in [0.717, 1.165) is 24.3 Å². The molecular formula is C16H10ClF5N2O2. The van der Waals surface area contributed by atoms with Crippen molar-refractivity contribution in [3.63, 3.8) is 0 Å². The molecule has 0 heterocycles. The molecule has 10 heteroatoms. The van der Waals surface area contributed by atoms with E-state index in [-0.39, 0.29) is 5.69 Å². The van der Waals surface area contributed by atoms with Gasteiger partial charge >= 0.3 is 6.18 Å². The molecule has 138 valence electrons. The Kier molecular flexibility index (Phi) is 5.81. The smallest absolute Gasteiger partial charge is 0.343 e. The molecule has 0 aliphatic heterocycles. The first-order chi connectivity index (χ1) is 12.1. The van der Waals surface area contributed by atoms with Gasteiger partial charge in [-0.05, 0) is 30.3 Å². The second-order valence-electron chi connectivity index (χ2n) is 5.05. The van der Waals surface area contributed by atoms with E-state index in [9.17, 15) is 31.5 Å². The molecule has 0 saturated carbocycles. The first kappa shape index (κ1) is 19.6. The lowest BCUT2D eigenvalue weighted by Gasteiger charge is -2.12. The van der Waals surface area contributed by atoms with Crippen molar-refractivity contribution in [2.24, 2.45) is 0 Å². The van der Waals surface area contributed by atoms with E-state index in [1.54, 1.807) is 0 Å². The zero-order valence-corrected chi connectivity index (χ0v) is 13.5. The Morgan fingerprint density at radius 1 is 1.04 bits per heavy atom. The molecule has 0 aromatic heterocycles. The van der Waals surface area contributed by atoms with E-state index in [4.69, 9.17) is 11.6 Å². The largest absolute Gasteiger partial charge is 0.417 e. The number of rotatable bonds is 4. The number of alkyl halides is 3. The van der Waals surface area contributed by atoms with Gasteiger partial charge in [0.15, 0.2) is 0 Å². The predicted molar refractivity (Wildman–Crippen MR) is 83.8 cm³/mol. The Balaban J connectivity index is 2.00. The molecule has 0 aliphatic rings. The van der Waals surface area contributed by atoms with Crippen LogP contribution in [0.4, 0.5) is 27.6 Å². The number of amides is 2. The predicted octanol–water partition coefficient (Wildman–Crippen LogP) is 4.01. The summed E-state index contributed by atoms with van der Waals surface area (Å²) in [6.07, 6.45) is -4.70. The van der Waals surface area contributed by atoms with Crippen LogP contribution >= 0.6 is 11.6 Å². The second kappa shape index (κ2) is 7.69. The number of carbonyl (C=O) groups excluding carboxylic acids is 2. The van der Waals surface area contributed by atoms with Crippen LogP contribution in [-0.4, -0.2) is 18.4 Å². The van der Waals surface area contributed by atoms with Crippen molar-refractivity contribution in [3.05, 3.63) is 64.2 Å². The summed E-state index contributed by atoms with van der Waals surface area (Å²) < 4.78 is 64.5. The van der Waals surface area contributed by atoms with Crippen LogP contribution in [0.5, 0.6) is 0 Å². The molecule has 0 atom stereocenters. The average molecular weight is 393 g/mol. The SMILES string of the molecule is O=C(CNC(=O)c1ccc(F)cc1F)Nc1ccc(Cl)c(C(F)(F)F)c1. The number of nitrogens with one attached hydrogen (secondary N) is 2. The van der Waals surface area contributed by atoms with Gasteiger partial charge in [0.05, 0.1) is 22.7 Å². The van der Waals surface area contributed by atoms with Crippen molar-refractivity contribution in [2.75, 3.05) is 11.9 Å². The number of hydrogen-bond acceptors (Lipinski definition) is 2. The zero-order valence-electron chi connectivity index (χ0n) is 12.8. The van der Waals surface area contributed by atoms with E-state index in [1.165, 1.54) is 0 Å². The van der Waals surface area contributed by atoms with Crippen molar-refractivity contribution < 1.29 is 31.5 Å². The van der Waals surface area contributed by atoms with Gasteiger partial charge in [0, 0.05) is 11.8 Å². The van der Waals surface area contributed by atoms with Crippen molar-refractivity contribution in [2.45, 2.75) is 6.18 Å². The molecule has 0 spiro atoms. The standard InChI is InChI=1S/C16H10ClF5N2O2/c17-12-4-2-9(6-11(12)16(20,21)22)24-14(25)7-23-15(26)10-3-1-8(18)5-13(10)19/h1-6H,7H2,(H,23,26)(H,24,25). The summed E-state index contributed by atoms with van der Waals surface area (Å²) >= 11 is 5.46. The van der Waals surface area contributed by atoms with Gasteiger partial charge in [-0.25, -0.2) is 8.78 Å². The molecule has 0 saturated heterocycles. The zero-order chi connectivity index (χ0) is 19.5. The van der Waals surface area contributed by atoms with Crippen LogP contribution < -0.4 is 10.6 Å². The lowest BCUT2D eigenvalue weighted by atomic mass is 10.2. The molecule has 2 aromatic carbocycles. The molecule has 0 radical (unpaired) electrons. The third-order valence-electron chi connectivity index (χ3n) is 3.14. The maximum Gasteiger partial charge on any atom is 0.417 e. The highest BCUT2D eigenvalue weighted by molar-refractivity contribution is 6.31. The Hall–Kier alpha value is -2.68. The number of carbonyl (C=O) groups is 2. The summed E-state index contributed by atoms with van der Waals surface area (Å²) in [6.45, 7) is -0.639. The second-order valence-corrected chi connectivity index (χ2v) is 5.45. The third-order valence-corrected chi connectivity index (χ3v) is 3.47. The van der Waals surface area contributed by atoms with Gasteiger partial charge in [-0.1, -0.05) is 11.6 Å². The first-order valence-electron chi connectivity index (χ1n) is 6.98. The molecule has 0 aliphatic carbocycles. The summed E-state index contributed by atoms with van der Waals surface area (Å²) in [5, 5.41) is 3.69. The minimum Gasteiger partial charge on any atom is -0.343 e. The summed E-state index contributed by atoms with van der Waals surface area (Å²) in [6, 6.07) is 5.02. The highest BCUT2D eigenvalue weighted by Gasteiger charge is 2.33. The fraction of sp³-hybridized carbons (Fsp3) is 0.125. The summed E-state index contributed by atoms with van der Waals surface area (Å²) in [4.78, 5) is 23.5. The fourth-order valence-electron chi connectivity index (χ4n) is 1.95. The average Bonchev–Trinajstić information content (AvgIpc) is 2.53. The highest BCUT2D eigenvalue weighted by atomic mass is 35.5. The number of hydrogen-bond donors (Lipinski definition) is 2. The molecular weight excluding hydrogens is 383 g/mol. The fourth-order valence-corrected chi connectivity index (χ4v) is 2.18. The van der Waals surface area contributed by atoms with Crippen molar-refractivity contribution >= 4 is 29.1 Å². The molecule has 4 nitrogen and oxygen atoms in total. The molecule has 0 fully saturated rings. The monoisotopic (exact) mass is 392 g/mol. The van der Waals surface area contributed by atoms with Gasteiger partial charge in [-0.15, -0.1) is 0 Å². The Labute approximate surface area is 149 Å². The third kappa shape index (κ3) is 4.92. The summed E-state index contributed by atoms with van der Waals surface area (Å²) in [5.74, 6) is -3.82. The van der Waals surface area contributed by atoms with Crippen LogP contribution in [0.25, 0.3) is 0 Å². The van der Waals surface area contributed by atoms with E-state index in [0.29, 0.717) is 12.1 Å². The minimum absolute atomic E-state index is 0.186. The van der Waals surface area contributed by atoms with Crippen LogP contribution in [0.15, 0.2) is 36.4 Å². The van der Waals surface area contributed by atoms with Crippen LogP contribution in [0.1, 0.15) is 15.9 Å². The van der Waals surface area contributed by atoms with Crippen molar-refractivity contribution in [1.82, 2.24) is 5.32 Å². The van der Waals surface area contributed by atoms with E-state index >= 15 is 0 Å². The molecule has 0 unspecified atom stereocenters. The van der Waals surface area contributed by atoms with Gasteiger partial charge in [0.2, 0.25) is 5.91 Å². The topological polar surface area (TPSA) is 58.2 Å². The lowest BCUT2D eigenvalue weighted by Crippen LogP contribution is -2.33. The number of halogens is 6. The van der Waals surface area contributed by atoms with Crippen molar-refractivity contribution in [3.8, 4) is 0 Å². The Morgan fingerprint density at radius 2 is 1.73 bits per heavy atom. The number of anilines is 1. The molecule has 2 rings (SSSR count). The molecule has 26 heavy (non-hydrogen) atoms. The van der Waals surface area contributed by atoms with Crippen LogP contribution in [-0.2, 0) is 11.0 Å².